The molecule has 0 unspecified atom stereocenters. The Morgan fingerprint density at radius 2 is 1.64 bits per heavy atom. The zero-order chi connectivity index (χ0) is 21.1. The summed E-state index contributed by atoms with van der Waals surface area (Å²) in [4.78, 5) is 24.0. The molecule has 1 aliphatic heterocycles. The normalized spacial score (nSPS) is 21.2. The number of benzene rings is 1. The number of sulfonamides is 1. The van der Waals surface area contributed by atoms with Crippen molar-refractivity contribution in [3.63, 3.8) is 0 Å². The highest BCUT2D eigenvalue weighted by atomic mass is 32.2. The molecular weight excluding hydrogens is 380 g/mol. The van der Waals surface area contributed by atoms with Crippen LogP contribution in [-0.2, 0) is 19.6 Å². The van der Waals surface area contributed by atoms with Crippen LogP contribution < -0.4 is 5.32 Å². The van der Waals surface area contributed by atoms with Crippen LogP contribution in [-0.4, -0.2) is 49.8 Å². The number of nitrogens with one attached hydrogen (secondary N) is 1. The zero-order valence-corrected chi connectivity index (χ0v) is 18.0. The average molecular weight is 411 g/mol. The second-order valence-corrected chi connectivity index (χ2v) is 10.6. The smallest absolute Gasteiger partial charge is 0.338 e. The molecule has 0 saturated carbocycles. The molecular formula is C20H30N2O5S. The van der Waals surface area contributed by atoms with Crippen LogP contribution in [0.1, 0.15) is 51.4 Å². The van der Waals surface area contributed by atoms with Crippen molar-refractivity contribution in [1.82, 2.24) is 9.62 Å². The van der Waals surface area contributed by atoms with Crippen LogP contribution in [0.25, 0.3) is 0 Å². The van der Waals surface area contributed by atoms with E-state index < -0.39 is 27.4 Å². The molecule has 0 aliphatic carbocycles. The Labute approximate surface area is 167 Å². The van der Waals surface area contributed by atoms with Gasteiger partial charge in [0.25, 0.3) is 5.91 Å². The van der Waals surface area contributed by atoms with Crippen LogP contribution in [0.3, 0.4) is 0 Å². The molecule has 28 heavy (non-hydrogen) atoms. The Bertz CT molecular complexity index is 802. The van der Waals surface area contributed by atoms with E-state index in [1.807, 2.05) is 34.6 Å². The second kappa shape index (κ2) is 8.61. The summed E-state index contributed by atoms with van der Waals surface area (Å²) in [7, 11) is -3.60. The number of piperidine rings is 1. The molecule has 1 saturated heterocycles. The van der Waals surface area contributed by atoms with Crippen molar-refractivity contribution in [1.29, 1.82) is 0 Å². The molecule has 1 aliphatic rings. The van der Waals surface area contributed by atoms with Gasteiger partial charge in [0, 0.05) is 18.6 Å². The minimum atomic E-state index is -3.60. The molecule has 7 nitrogen and oxygen atoms in total. The average Bonchev–Trinajstić information content (AvgIpc) is 2.57. The lowest BCUT2D eigenvalue weighted by molar-refractivity contribution is -0.125. The third-order valence-electron chi connectivity index (χ3n) is 4.41. The molecule has 1 heterocycles. The Balaban J connectivity index is 2.02. The van der Waals surface area contributed by atoms with Gasteiger partial charge >= 0.3 is 5.97 Å². The van der Waals surface area contributed by atoms with Crippen molar-refractivity contribution < 1.29 is 22.7 Å². The van der Waals surface area contributed by atoms with Crippen molar-refractivity contribution in [3.05, 3.63) is 29.8 Å². The number of carbonyl (C=O) groups is 2. The lowest BCUT2D eigenvalue weighted by Crippen LogP contribution is -2.42. The summed E-state index contributed by atoms with van der Waals surface area (Å²) in [6.07, 6.45) is 1.01. The fourth-order valence-electron chi connectivity index (χ4n) is 3.38. The SMILES string of the molecule is C[C@@H]1C[C@H](C)CN(S(=O)(=O)c2ccc(C(=O)OCC(=O)NC(C)(C)C)cc2)C1. The standard InChI is InChI=1S/C20H30N2O5S/c1-14-10-15(2)12-22(11-14)28(25,26)17-8-6-16(7-9-17)19(24)27-13-18(23)21-20(3,4)5/h6-9,14-15H,10-13H2,1-5H3,(H,21,23)/t14-,15+. The van der Waals surface area contributed by atoms with Gasteiger partial charge in [-0.25, -0.2) is 13.2 Å². The highest BCUT2D eigenvalue weighted by molar-refractivity contribution is 7.89. The molecule has 0 spiro atoms. The van der Waals surface area contributed by atoms with E-state index in [1.54, 1.807) is 0 Å². The van der Waals surface area contributed by atoms with Gasteiger partial charge in [0.1, 0.15) is 0 Å². The molecule has 1 aromatic carbocycles. The first-order valence-corrected chi connectivity index (χ1v) is 10.9. The van der Waals surface area contributed by atoms with E-state index in [0.29, 0.717) is 24.9 Å². The monoisotopic (exact) mass is 410 g/mol. The van der Waals surface area contributed by atoms with Gasteiger partial charge < -0.3 is 10.1 Å². The molecule has 2 rings (SSSR count). The molecule has 0 bridgehead atoms. The lowest BCUT2D eigenvalue weighted by Gasteiger charge is -2.34. The first-order chi connectivity index (χ1) is 12.9. The van der Waals surface area contributed by atoms with E-state index in [-0.39, 0.29) is 17.1 Å². The van der Waals surface area contributed by atoms with E-state index in [4.69, 9.17) is 4.74 Å². The number of hydrogen-bond acceptors (Lipinski definition) is 5. The maximum absolute atomic E-state index is 12.9. The number of ether oxygens (including phenoxy) is 1. The largest absolute Gasteiger partial charge is 0.452 e. The highest BCUT2D eigenvalue weighted by Gasteiger charge is 2.31. The minimum Gasteiger partial charge on any atom is -0.452 e. The minimum absolute atomic E-state index is 0.149. The van der Waals surface area contributed by atoms with E-state index >= 15 is 0 Å². The molecule has 1 amide bonds. The molecule has 2 atom stereocenters. The van der Waals surface area contributed by atoms with Gasteiger partial charge in [0.15, 0.2) is 6.61 Å². The van der Waals surface area contributed by atoms with E-state index in [1.165, 1.54) is 28.6 Å². The van der Waals surface area contributed by atoms with Crippen molar-refractivity contribution in [2.75, 3.05) is 19.7 Å². The van der Waals surface area contributed by atoms with Crippen molar-refractivity contribution in [2.45, 2.75) is 51.5 Å². The van der Waals surface area contributed by atoms with Crippen molar-refractivity contribution in [3.8, 4) is 0 Å². The van der Waals surface area contributed by atoms with Gasteiger partial charge in [-0.2, -0.15) is 4.31 Å². The van der Waals surface area contributed by atoms with Gasteiger partial charge in [0.2, 0.25) is 10.0 Å². The van der Waals surface area contributed by atoms with Gasteiger partial charge in [-0.15, -0.1) is 0 Å². The molecule has 0 radical (unpaired) electrons. The van der Waals surface area contributed by atoms with E-state index in [2.05, 4.69) is 5.32 Å². The quantitative estimate of drug-likeness (QED) is 0.753. The summed E-state index contributed by atoms with van der Waals surface area (Å²) < 4.78 is 32.2. The Morgan fingerprint density at radius 3 is 2.14 bits per heavy atom. The molecule has 8 heteroatoms. The molecule has 1 aromatic rings. The third kappa shape index (κ3) is 6.04. The number of hydrogen-bond donors (Lipinski definition) is 1. The molecule has 0 aromatic heterocycles. The summed E-state index contributed by atoms with van der Waals surface area (Å²) >= 11 is 0. The first-order valence-electron chi connectivity index (χ1n) is 9.47. The van der Waals surface area contributed by atoms with Crippen LogP contribution in [0, 0.1) is 11.8 Å². The first kappa shape index (κ1) is 22.4. The summed E-state index contributed by atoms with van der Waals surface area (Å²) in [5.74, 6) is -0.444. The van der Waals surface area contributed by atoms with E-state index in [0.717, 1.165) is 6.42 Å². The number of carbonyl (C=O) groups excluding carboxylic acids is 2. The van der Waals surface area contributed by atoms with Crippen LogP contribution in [0.15, 0.2) is 29.2 Å². The summed E-state index contributed by atoms with van der Waals surface area (Å²) in [5.41, 5.74) is -0.217. The second-order valence-electron chi connectivity index (χ2n) is 8.67. The van der Waals surface area contributed by atoms with Gasteiger partial charge in [-0.05, 0) is 63.3 Å². The van der Waals surface area contributed by atoms with Gasteiger partial charge in [-0.3, -0.25) is 4.79 Å². The number of amides is 1. The Hall–Kier alpha value is -1.93. The topological polar surface area (TPSA) is 92.8 Å². The predicted octanol–water partition coefficient (Wildman–Crippen LogP) is 2.42. The van der Waals surface area contributed by atoms with Crippen LogP contribution in [0.5, 0.6) is 0 Å². The summed E-state index contributed by atoms with van der Waals surface area (Å²) in [6.45, 7) is 10.2. The fraction of sp³-hybridized carbons (Fsp3) is 0.600. The maximum atomic E-state index is 12.9. The summed E-state index contributed by atoms with van der Waals surface area (Å²) in [6, 6.07) is 5.64. The number of esters is 1. The predicted molar refractivity (Wildman–Crippen MR) is 106 cm³/mol. The van der Waals surface area contributed by atoms with E-state index in [9.17, 15) is 18.0 Å². The van der Waals surface area contributed by atoms with Crippen LogP contribution >= 0.6 is 0 Å². The third-order valence-corrected chi connectivity index (χ3v) is 6.26. The molecule has 156 valence electrons. The number of nitrogens with zero attached hydrogens (tertiary/aromatic N) is 1. The molecule has 1 fully saturated rings. The summed E-state index contributed by atoms with van der Waals surface area (Å²) in [5, 5.41) is 2.70. The van der Waals surface area contributed by atoms with Gasteiger partial charge in [-0.1, -0.05) is 13.8 Å². The van der Waals surface area contributed by atoms with Crippen molar-refractivity contribution >= 4 is 21.9 Å². The Kier molecular flexibility index (Phi) is 6.88. The lowest BCUT2D eigenvalue weighted by atomic mass is 9.94. The Morgan fingerprint density at radius 1 is 1.11 bits per heavy atom. The zero-order valence-electron chi connectivity index (χ0n) is 17.2. The maximum Gasteiger partial charge on any atom is 0.338 e. The van der Waals surface area contributed by atoms with Gasteiger partial charge in [0.05, 0.1) is 10.5 Å². The van der Waals surface area contributed by atoms with Crippen LogP contribution in [0.4, 0.5) is 0 Å². The molecule has 1 N–H and O–H groups in total. The van der Waals surface area contributed by atoms with Crippen LogP contribution in [0.2, 0.25) is 0 Å². The highest BCUT2D eigenvalue weighted by Crippen LogP contribution is 2.26. The fourth-order valence-corrected chi connectivity index (χ4v) is 5.06. The van der Waals surface area contributed by atoms with Crippen molar-refractivity contribution in [2.24, 2.45) is 11.8 Å². The number of rotatable bonds is 5.